The Labute approximate surface area is 177 Å². The largest absolute Gasteiger partial charge is 0.465 e. The van der Waals surface area contributed by atoms with E-state index in [0.29, 0.717) is 13.1 Å². The van der Waals surface area contributed by atoms with Crippen molar-refractivity contribution in [3.05, 3.63) is 76.8 Å². The third-order valence-corrected chi connectivity index (χ3v) is 5.99. The third-order valence-electron chi connectivity index (χ3n) is 5.99. The van der Waals surface area contributed by atoms with Crippen LogP contribution in [0, 0.1) is 20.8 Å². The van der Waals surface area contributed by atoms with Crippen molar-refractivity contribution in [2.24, 2.45) is 0 Å². The molecule has 4 heterocycles. The molecular weight excluding hydrogens is 376 g/mol. The van der Waals surface area contributed by atoms with Crippen LogP contribution < -0.4 is 5.32 Å². The second-order valence-corrected chi connectivity index (χ2v) is 8.11. The van der Waals surface area contributed by atoms with E-state index in [1.807, 2.05) is 57.2 Å². The van der Waals surface area contributed by atoms with Crippen molar-refractivity contribution in [2.45, 2.75) is 46.2 Å². The van der Waals surface area contributed by atoms with Crippen molar-refractivity contribution in [2.75, 3.05) is 19.6 Å². The number of hydrogen-bond acceptors (Lipinski definition) is 4. The second-order valence-electron chi connectivity index (χ2n) is 8.11. The number of carbonyl (C=O) groups is 1. The molecule has 30 heavy (non-hydrogen) atoms. The van der Waals surface area contributed by atoms with Gasteiger partial charge in [0.05, 0.1) is 23.8 Å². The summed E-state index contributed by atoms with van der Waals surface area (Å²) in [5.41, 5.74) is 3.72. The highest BCUT2D eigenvalue weighted by Gasteiger charge is 2.27. The molecule has 3 aromatic rings. The van der Waals surface area contributed by atoms with E-state index in [2.05, 4.69) is 19.8 Å². The van der Waals surface area contributed by atoms with E-state index in [1.54, 1.807) is 6.20 Å². The van der Waals surface area contributed by atoms with Gasteiger partial charge in [-0.2, -0.15) is 0 Å². The smallest absolute Gasteiger partial charge is 0.253 e. The van der Waals surface area contributed by atoms with Crippen LogP contribution in [0.1, 0.15) is 57.8 Å². The summed E-state index contributed by atoms with van der Waals surface area (Å²) in [7, 11) is 0. The van der Waals surface area contributed by atoms with Crippen LogP contribution in [0.5, 0.6) is 0 Å². The van der Waals surface area contributed by atoms with Gasteiger partial charge < -0.3 is 14.3 Å². The molecule has 0 bridgehead atoms. The average Bonchev–Trinajstić information content (AvgIpc) is 3.47. The van der Waals surface area contributed by atoms with Gasteiger partial charge in [0, 0.05) is 24.1 Å². The van der Waals surface area contributed by atoms with Gasteiger partial charge in [-0.25, -0.2) is 0 Å². The first-order chi connectivity index (χ1) is 14.5. The van der Waals surface area contributed by atoms with Crippen LogP contribution in [0.4, 0.5) is 0 Å². The quantitative estimate of drug-likeness (QED) is 0.644. The highest BCUT2D eigenvalue weighted by molar-refractivity contribution is 5.95. The van der Waals surface area contributed by atoms with Crippen LogP contribution in [-0.4, -0.2) is 40.0 Å². The number of nitrogens with one attached hydrogen (secondary N) is 1. The minimum Gasteiger partial charge on any atom is -0.465 e. The van der Waals surface area contributed by atoms with Crippen LogP contribution >= 0.6 is 0 Å². The molecule has 1 fully saturated rings. The summed E-state index contributed by atoms with van der Waals surface area (Å²) in [6.45, 7) is 9.27. The highest BCUT2D eigenvalue weighted by Crippen LogP contribution is 2.26. The van der Waals surface area contributed by atoms with Gasteiger partial charge in [-0.1, -0.05) is 6.07 Å². The molecule has 0 aliphatic carbocycles. The number of amides is 1. The SMILES string of the molecule is Cc1ccc(C(CNC(=O)c2cc(C)n(Cc3ccccn3)c2C)N2CCCC2)o1. The Morgan fingerprint density at radius 3 is 2.63 bits per heavy atom. The Morgan fingerprint density at radius 2 is 1.97 bits per heavy atom. The summed E-state index contributed by atoms with van der Waals surface area (Å²) in [5, 5.41) is 3.16. The minimum atomic E-state index is -0.0390. The molecule has 0 radical (unpaired) electrons. The number of rotatable bonds is 7. The number of furan rings is 1. The van der Waals surface area contributed by atoms with Crippen molar-refractivity contribution in [3.8, 4) is 0 Å². The van der Waals surface area contributed by atoms with Crippen molar-refractivity contribution >= 4 is 5.91 Å². The number of hydrogen-bond donors (Lipinski definition) is 1. The molecular formula is C24H30N4O2. The molecule has 1 saturated heterocycles. The Morgan fingerprint density at radius 1 is 1.17 bits per heavy atom. The van der Waals surface area contributed by atoms with Crippen molar-refractivity contribution in [3.63, 3.8) is 0 Å². The standard InChI is InChI=1S/C24H30N4O2/c1-17-14-21(19(3)28(17)16-20-8-4-5-11-25-20)24(29)26-15-22(27-12-6-7-13-27)23-10-9-18(2)30-23/h4-5,8-11,14,22H,6-7,12-13,15-16H2,1-3H3,(H,26,29). The van der Waals surface area contributed by atoms with Gasteiger partial charge >= 0.3 is 0 Å². The second kappa shape index (κ2) is 8.88. The first kappa shape index (κ1) is 20.4. The minimum absolute atomic E-state index is 0.0390. The van der Waals surface area contributed by atoms with Gasteiger partial charge in [0.15, 0.2) is 0 Å². The zero-order valence-electron chi connectivity index (χ0n) is 18.0. The number of pyridine rings is 1. The normalized spacial score (nSPS) is 15.4. The average molecular weight is 407 g/mol. The number of carbonyl (C=O) groups excluding carboxylic acids is 1. The molecule has 3 aromatic heterocycles. The van der Waals surface area contributed by atoms with E-state index in [0.717, 1.165) is 47.3 Å². The summed E-state index contributed by atoms with van der Waals surface area (Å²) in [5.74, 6) is 1.79. The maximum atomic E-state index is 13.1. The topological polar surface area (TPSA) is 63.3 Å². The molecule has 1 amide bonds. The molecule has 158 valence electrons. The lowest BCUT2D eigenvalue weighted by atomic mass is 10.1. The molecule has 0 spiro atoms. The van der Waals surface area contributed by atoms with Crippen molar-refractivity contribution < 1.29 is 9.21 Å². The van der Waals surface area contributed by atoms with E-state index in [9.17, 15) is 4.79 Å². The van der Waals surface area contributed by atoms with E-state index in [1.165, 1.54) is 12.8 Å². The summed E-state index contributed by atoms with van der Waals surface area (Å²) in [6, 6.07) is 12.0. The monoisotopic (exact) mass is 406 g/mol. The zero-order chi connectivity index (χ0) is 21.1. The molecule has 6 heteroatoms. The lowest BCUT2D eigenvalue weighted by molar-refractivity contribution is 0.0933. The van der Waals surface area contributed by atoms with Gasteiger partial charge in [0.25, 0.3) is 5.91 Å². The van der Waals surface area contributed by atoms with Gasteiger partial charge in [-0.05, 0) is 77.0 Å². The zero-order valence-corrected chi connectivity index (χ0v) is 18.0. The third kappa shape index (κ3) is 4.33. The Kier molecular flexibility index (Phi) is 6.04. The lowest BCUT2D eigenvalue weighted by Crippen LogP contribution is -2.36. The Bertz CT molecular complexity index is 1000. The summed E-state index contributed by atoms with van der Waals surface area (Å²) < 4.78 is 8.05. The number of aryl methyl sites for hydroxylation is 2. The lowest BCUT2D eigenvalue weighted by Gasteiger charge is -2.26. The number of nitrogens with zero attached hydrogens (tertiary/aromatic N) is 3. The molecule has 0 aromatic carbocycles. The molecule has 1 atom stereocenters. The van der Waals surface area contributed by atoms with Crippen molar-refractivity contribution in [1.82, 2.24) is 19.8 Å². The molecule has 0 saturated carbocycles. The predicted octanol–water partition coefficient (Wildman–Crippen LogP) is 4.02. The molecule has 1 aliphatic rings. The van der Waals surface area contributed by atoms with E-state index in [4.69, 9.17) is 4.42 Å². The summed E-state index contributed by atoms with van der Waals surface area (Å²) in [4.78, 5) is 19.9. The fourth-order valence-corrected chi connectivity index (χ4v) is 4.31. The van der Waals surface area contributed by atoms with Crippen LogP contribution in [0.25, 0.3) is 0 Å². The fraction of sp³-hybridized carbons (Fsp3) is 0.417. The van der Waals surface area contributed by atoms with E-state index in [-0.39, 0.29) is 11.9 Å². The molecule has 6 nitrogen and oxygen atoms in total. The molecule has 1 unspecified atom stereocenters. The molecule has 4 rings (SSSR count). The summed E-state index contributed by atoms with van der Waals surface area (Å²) in [6.07, 6.45) is 4.18. The predicted molar refractivity (Wildman–Crippen MR) is 117 cm³/mol. The van der Waals surface area contributed by atoms with E-state index >= 15 is 0 Å². The number of likely N-dealkylation sites (tertiary alicyclic amines) is 1. The van der Waals surface area contributed by atoms with Crippen LogP contribution in [0.15, 0.2) is 47.0 Å². The van der Waals surface area contributed by atoms with Gasteiger partial charge in [0.2, 0.25) is 0 Å². The maximum Gasteiger partial charge on any atom is 0.253 e. The van der Waals surface area contributed by atoms with Gasteiger partial charge in [0.1, 0.15) is 11.5 Å². The number of aromatic nitrogens is 2. The van der Waals surface area contributed by atoms with Gasteiger partial charge in [-0.15, -0.1) is 0 Å². The van der Waals surface area contributed by atoms with Crippen LogP contribution in [0.2, 0.25) is 0 Å². The van der Waals surface area contributed by atoms with E-state index < -0.39 is 0 Å². The van der Waals surface area contributed by atoms with Gasteiger partial charge in [-0.3, -0.25) is 14.7 Å². The summed E-state index contributed by atoms with van der Waals surface area (Å²) >= 11 is 0. The first-order valence-corrected chi connectivity index (χ1v) is 10.7. The Hall–Kier alpha value is -2.86. The molecule has 1 N–H and O–H groups in total. The van der Waals surface area contributed by atoms with Crippen LogP contribution in [0.3, 0.4) is 0 Å². The molecule has 1 aliphatic heterocycles. The Balaban J connectivity index is 1.48. The van der Waals surface area contributed by atoms with Crippen molar-refractivity contribution in [1.29, 1.82) is 0 Å². The highest BCUT2D eigenvalue weighted by atomic mass is 16.3. The van der Waals surface area contributed by atoms with Crippen LogP contribution in [-0.2, 0) is 6.54 Å². The first-order valence-electron chi connectivity index (χ1n) is 10.7. The maximum absolute atomic E-state index is 13.1. The fourth-order valence-electron chi connectivity index (χ4n) is 4.31.